The predicted octanol–water partition coefficient (Wildman–Crippen LogP) is 13.7. The zero-order valence-electron chi connectivity index (χ0n) is 25.2. The summed E-state index contributed by atoms with van der Waals surface area (Å²) in [6.07, 6.45) is 0. The van der Waals surface area contributed by atoms with Gasteiger partial charge in [-0.15, -0.1) is 34.4 Å². The Balaban J connectivity index is 1.28. The van der Waals surface area contributed by atoms with Gasteiger partial charge in [0.1, 0.15) is 0 Å². The zero-order chi connectivity index (χ0) is 30.6. The smallest absolute Gasteiger partial charge is 0.0483 e. The minimum Gasteiger partial charge on any atom is -0.139 e. The fraction of sp³-hybridized carbons (Fsp3) is 0.0455. The summed E-state index contributed by atoms with van der Waals surface area (Å²) in [5, 5.41) is 8.48. The second-order valence-corrected chi connectivity index (χ2v) is 16.0. The average molecular weight is 651 g/mol. The van der Waals surface area contributed by atoms with Crippen molar-refractivity contribution in [2.45, 2.75) is 16.1 Å². The SMILES string of the molecule is c1ccc(-c2c3ccccc3c(-c3ccccc3)c3cc4c(cc23)SC2c3c(sc5ccccc35)-c3c(sc5ccccc35)C42)cc1. The molecule has 0 nitrogen and oxygen atoms in total. The van der Waals surface area contributed by atoms with Crippen LogP contribution in [0.2, 0.25) is 0 Å². The Bertz CT molecular complexity index is 2710. The minimum atomic E-state index is 0.313. The van der Waals surface area contributed by atoms with E-state index in [1.807, 2.05) is 22.7 Å². The molecule has 7 aromatic carbocycles. The summed E-state index contributed by atoms with van der Waals surface area (Å²) < 4.78 is 2.79. The third kappa shape index (κ3) is 3.65. The highest BCUT2D eigenvalue weighted by atomic mass is 32.2. The van der Waals surface area contributed by atoms with Crippen molar-refractivity contribution in [1.29, 1.82) is 0 Å². The third-order valence-corrected chi connectivity index (χ3v) is 14.0. The summed E-state index contributed by atoms with van der Waals surface area (Å²) >= 11 is 6.10. The first-order valence-electron chi connectivity index (χ1n) is 16.2. The van der Waals surface area contributed by atoms with Crippen molar-refractivity contribution in [1.82, 2.24) is 0 Å². The molecule has 2 unspecified atom stereocenters. The molecule has 2 atom stereocenters. The van der Waals surface area contributed by atoms with Crippen LogP contribution in [0.1, 0.15) is 27.2 Å². The van der Waals surface area contributed by atoms with E-state index in [0.717, 1.165) is 0 Å². The third-order valence-electron chi connectivity index (χ3n) is 10.2. The summed E-state index contributed by atoms with van der Waals surface area (Å²) in [5.41, 5.74) is 9.70. The topological polar surface area (TPSA) is 0 Å². The highest BCUT2D eigenvalue weighted by molar-refractivity contribution is 8.00. The second kappa shape index (κ2) is 9.92. The Morgan fingerprint density at radius 3 is 1.62 bits per heavy atom. The van der Waals surface area contributed by atoms with Crippen molar-refractivity contribution in [3.63, 3.8) is 0 Å². The van der Waals surface area contributed by atoms with Crippen LogP contribution in [0.5, 0.6) is 0 Å². The van der Waals surface area contributed by atoms with Crippen LogP contribution in [-0.4, -0.2) is 0 Å². The van der Waals surface area contributed by atoms with E-state index in [0.29, 0.717) is 11.2 Å². The first kappa shape index (κ1) is 26.4. The second-order valence-electron chi connectivity index (χ2n) is 12.7. The lowest BCUT2D eigenvalue weighted by Crippen LogP contribution is -2.10. The number of rotatable bonds is 2. The van der Waals surface area contributed by atoms with Gasteiger partial charge in [0.2, 0.25) is 0 Å². The van der Waals surface area contributed by atoms with Gasteiger partial charge in [0.25, 0.3) is 0 Å². The van der Waals surface area contributed by atoms with Crippen molar-refractivity contribution in [3.05, 3.63) is 162 Å². The monoisotopic (exact) mass is 650 g/mol. The van der Waals surface area contributed by atoms with Crippen molar-refractivity contribution in [3.8, 4) is 32.7 Å². The molecule has 0 N–H and O–H groups in total. The largest absolute Gasteiger partial charge is 0.139 e. The van der Waals surface area contributed by atoms with Gasteiger partial charge in [0.15, 0.2) is 0 Å². The van der Waals surface area contributed by atoms with Crippen molar-refractivity contribution >= 4 is 76.2 Å². The number of thiophene rings is 2. The van der Waals surface area contributed by atoms with Gasteiger partial charge < -0.3 is 0 Å². The molecule has 2 aliphatic rings. The molecule has 1 aliphatic carbocycles. The molecule has 9 aromatic rings. The number of benzene rings is 7. The molecule has 3 heterocycles. The summed E-state index contributed by atoms with van der Waals surface area (Å²) in [7, 11) is 0. The van der Waals surface area contributed by atoms with E-state index in [4.69, 9.17) is 0 Å². The molecule has 0 bridgehead atoms. The Morgan fingerprint density at radius 1 is 0.426 bits per heavy atom. The first-order chi connectivity index (χ1) is 23.3. The maximum Gasteiger partial charge on any atom is 0.0483 e. The standard InChI is InChI=1S/C44H26S3/c1-3-13-25(14-4-1)37-27-17-7-8-18-28(27)38(26-15-5-2-6-16-26)32-24-36-33(23-31(32)37)41-43-39(29-19-9-12-22-35(29)46-43)42-40(44(41)47-36)30-20-10-11-21-34(30)45-42/h1-24,41,44H. The van der Waals surface area contributed by atoms with Gasteiger partial charge in [-0.25, -0.2) is 0 Å². The molecule has 0 spiro atoms. The van der Waals surface area contributed by atoms with Gasteiger partial charge in [0, 0.05) is 46.2 Å². The van der Waals surface area contributed by atoms with E-state index in [1.54, 1.807) is 0 Å². The molecule has 0 saturated heterocycles. The Kier molecular flexibility index (Phi) is 5.57. The van der Waals surface area contributed by atoms with Gasteiger partial charge in [-0.1, -0.05) is 121 Å². The predicted molar refractivity (Wildman–Crippen MR) is 205 cm³/mol. The van der Waals surface area contributed by atoms with Crippen LogP contribution in [0, 0.1) is 0 Å². The van der Waals surface area contributed by atoms with Crippen molar-refractivity contribution < 1.29 is 0 Å². The summed E-state index contributed by atoms with van der Waals surface area (Å²) in [6, 6.07) is 54.4. The fourth-order valence-corrected chi connectivity index (χ4v) is 12.8. The van der Waals surface area contributed by atoms with Crippen molar-refractivity contribution in [2.75, 3.05) is 0 Å². The Morgan fingerprint density at radius 2 is 0.957 bits per heavy atom. The molecule has 1 aliphatic heterocycles. The van der Waals surface area contributed by atoms with Gasteiger partial charge in [0.05, 0.1) is 0 Å². The van der Waals surface area contributed by atoms with E-state index in [-0.39, 0.29) is 0 Å². The Hall–Kier alpha value is -4.67. The van der Waals surface area contributed by atoms with Crippen molar-refractivity contribution in [2.24, 2.45) is 0 Å². The zero-order valence-corrected chi connectivity index (χ0v) is 27.7. The fourth-order valence-electron chi connectivity index (χ4n) is 8.32. The van der Waals surface area contributed by atoms with Crippen LogP contribution in [0.15, 0.2) is 150 Å². The number of thioether (sulfide) groups is 1. The van der Waals surface area contributed by atoms with E-state index in [1.165, 1.54) is 95.3 Å². The van der Waals surface area contributed by atoms with Crippen LogP contribution >= 0.6 is 34.4 Å². The molecule has 0 amide bonds. The molecule has 11 rings (SSSR count). The normalized spacial score (nSPS) is 16.4. The summed E-state index contributed by atoms with van der Waals surface area (Å²) in [6.45, 7) is 0. The number of hydrogen-bond acceptors (Lipinski definition) is 3. The molecule has 0 radical (unpaired) electrons. The van der Waals surface area contributed by atoms with Gasteiger partial charge in [-0.2, -0.15) is 0 Å². The lowest BCUT2D eigenvalue weighted by molar-refractivity contribution is 0.814. The quantitative estimate of drug-likeness (QED) is 0.168. The van der Waals surface area contributed by atoms with Crippen LogP contribution in [0.25, 0.3) is 74.4 Å². The average Bonchev–Trinajstić information content (AvgIpc) is 3.81. The maximum atomic E-state index is 2.59. The maximum absolute atomic E-state index is 2.59. The first-order valence-corrected chi connectivity index (χ1v) is 18.7. The van der Waals surface area contributed by atoms with Crippen LogP contribution < -0.4 is 0 Å². The minimum absolute atomic E-state index is 0.313. The molecule has 0 fully saturated rings. The molecular weight excluding hydrogens is 625 g/mol. The lowest BCUT2D eigenvalue weighted by atomic mass is 9.79. The number of fused-ring (bicyclic) bond motifs is 14. The highest BCUT2D eigenvalue weighted by Gasteiger charge is 2.45. The highest BCUT2D eigenvalue weighted by Crippen LogP contribution is 2.68. The van der Waals surface area contributed by atoms with E-state index < -0.39 is 0 Å². The van der Waals surface area contributed by atoms with E-state index >= 15 is 0 Å². The van der Waals surface area contributed by atoms with Gasteiger partial charge >= 0.3 is 0 Å². The van der Waals surface area contributed by atoms with E-state index in [9.17, 15) is 0 Å². The number of hydrogen-bond donors (Lipinski definition) is 0. The molecule has 0 saturated carbocycles. The molecular formula is C44H26S3. The van der Waals surface area contributed by atoms with Gasteiger partial charge in [-0.3, -0.25) is 0 Å². The van der Waals surface area contributed by atoms with E-state index in [2.05, 4.69) is 157 Å². The Labute approximate surface area is 285 Å². The molecule has 47 heavy (non-hydrogen) atoms. The molecule has 3 heteroatoms. The summed E-state index contributed by atoms with van der Waals surface area (Å²) in [5.74, 6) is 0.313. The van der Waals surface area contributed by atoms with Crippen LogP contribution in [0.3, 0.4) is 0 Å². The lowest BCUT2D eigenvalue weighted by Gasteiger charge is -2.27. The molecule has 2 aromatic heterocycles. The van der Waals surface area contributed by atoms with Gasteiger partial charge in [-0.05, 0) is 84.6 Å². The van der Waals surface area contributed by atoms with Crippen LogP contribution in [0.4, 0.5) is 0 Å². The summed E-state index contributed by atoms with van der Waals surface area (Å²) in [4.78, 5) is 4.43. The van der Waals surface area contributed by atoms with Crippen LogP contribution in [-0.2, 0) is 0 Å². The molecule has 220 valence electrons.